The van der Waals surface area contributed by atoms with Crippen molar-refractivity contribution in [1.82, 2.24) is 0 Å². The van der Waals surface area contributed by atoms with Crippen LogP contribution in [0, 0.1) is 17.3 Å². The van der Waals surface area contributed by atoms with Crippen molar-refractivity contribution in [3.8, 4) is 0 Å². The zero-order valence-corrected chi connectivity index (χ0v) is 9.30. The third kappa shape index (κ3) is 1.42. The zero-order valence-electron chi connectivity index (χ0n) is 9.30. The van der Waals surface area contributed by atoms with E-state index in [1.54, 1.807) is 0 Å². The van der Waals surface area contributed by atoms with Crippen molar-refractivity contribution in [2.75, 3.05) is 0 Å². The van der Waals surface area contributed by atoms with E-state index in [1.807, 2.05) is 6.07 Å². The second kappa shape index (κ2) is 3.58. The van der Waals surface area contributed by atoms with Crippen LogP contribution in [0.4, 0.5) is 0 Å². The normalized spacial score (nSPS) is 35.5. The largest absolute Gasteiger partial charge is 0.303 e. The van der Waals surface area contributed by atoms with Crippen LogP contribution in [0.15, 0.2) is 42.5 Å². The monoisotopic (exact) mass is 212 g/mol. The molecule has 2 bridgehead atoms. The fourth-order valence-electron chi connectivity index (χ4n) is 3.35. The van der Waals surface area contributed by atoms with Crippen LogP contribution in [-0.2, 0) is 11.2 Å². The number of aldehydes is 1. The van der Waals surface area contributed by atoms with Crippen LogP contribution in [0.5, 0.6) is 0 Å². The van der Waals surface area contributed by atoms with Crippen LogP contribution in [0.2, 0.25) is 0 Å². The number of rotatable bonds is 3. The van der Waals surface area contributed by atoms with Gasteiger partial charge in [-0.2, -0.15) is 0 Å². The summed E-state index contributed by atoms with van der Waals surface area (Å²) in [5.41, 5.74) is 1.18. The first-order chi connectivity index (χ1) is 7.82. The second-order valence-electron chi connectivity index (χ2n) is 5.20. The Bertz CT molecular complexity index is 420. The molecule has 16 heavy (non-hydrogen) atoms. The molecular weight excluding hydrogens is 196 g/mol. The van der Waals surface area contributed by atoms with Crippen molar-refractivity contribution in [3.63, 3.8) is 0 Å². The minimum absolute atomic E-state index is 0.110. The molecule has 1 aromatic carbocycles. The Morgan fingerprint density at radius 1 is 1.25 bits per heavy atom. The average molecular weight is 212 g/mol. The number of carbonyl (C=O) groups excluding carboxylic acids is 1. The summed E-state index contributed by atoms with van der Waals surface area (Å²) in [7, 11) is 0. The molecule has 82 valence electrons. The van der Waals surface area contributed by atoms with Crippen LogP contribution in [0.25, 0.3) is 0 Å². The molecule has 0 aliphatic heterocycles. The summed E-state index contributed by atoms with van der Waals surface area (Å²) in [6.07, 6.45) is 8.90. The number of allylic oxidation sites excluding steroid dienone is 2. The van der Waals surface area contributed by atoms with Gasteiger partial charge in [-0.3, -0.25) is 0 Å². The van der Waals surface area contributed by atoms with Crippen LogP contribution in [-0.4, -0.2) is 6.29 Å². The maximum absolute atomic E-state index is 11.5. The van der Waals surface area contributed by atoms with Gasteiger partial charge in [0.05, 0.1) is 0 Å². The van der Waals surface area contributed by atoms with Gasteiger partial charge in [-0.15, -0.1) is 0 Å². The van der Waals surface area contributed by atoms with E-state index in [9.17, 15) is 4.79 Å². The lowest BCUT2D eigenvalue weighted by molar-refractivity contribution is -0.117. The van der Waals surface area contributed by atoms with Crippen molar-refractivity contribution in [3.05, 3.63) is 48.0 Å². The van der Waals surface area contributed by atoms with E-state index < -0.39 is 0 Å². The van der Waals surface area contributed by atoms with Gasteiger partial charge >= 0.3 is 0 Å². The quantitative estimate of drug-likeness (QED) is 0.556. The number of benzene rings is 1. The van der Waals surface area contributed by atoms with Crippen molar-refractivity contribution >= 4 is 6.29 Å². The molecule has 1 saturated carbocycles. The summed E-state index contributed by atoms with van der Waals surface area (Å²) in [5, 5.41) is 0. The van der Waals surface area contributed by atoms with Gasteiger partial charge in [0, 0.05) is 5.41 Å². The van der Waals surface area contributed by atoms with Crippen LogP contribution < -0.4 is 0 Å². The van der Waals surface area contributed by atoms with E-state index in [0.29, 0.717) is 11.8 Å². The predicted octanol–water partition coefficient (Wildman–Crippen LogP) is 3.01. The smallest absolute Gasteiger partial charge is 0.127 e. The Labute approximate surface area is 96.2 Å². The van der Waals surface area contributed by atoms with Gasteiger partial charge in [0.15, 0.2) is 0 Å². The third-order valence-electron chi connectivity index (χ3n) is 4.16. The van der Waals surface area contributed by atoms with Gasteiger partial charge in [0.2, 0.25) is 0 Å². The maximum atomic E-state index is 11.5. The minimum Gasteiger partial charge on any atom is -0.303 e. The molecule has 0 unspecified atom stereocenters. The Morgan fingerprint density at radius 3 is 2.62 bits per heavy atom. The van der Waals surface area contributed by atoms with Gasteiger partial charge in [-0.1, -0.05) is 42.5 Å². The van der Waals surface area contributed by atoms with E-state index in [2.05, 4.69) is 36.4 Å². The highest BCUT2D eigenvalue weighted by Crippen LogP contribution is 2.52. The van der Waals surface area contributed by atoms with Gasteiger partial charge < -0.3 is 4.79 Å². The Morgan fingerprint density at radius 2 is 2.06 bits per heavy atom. The molecule has 0 N–H and O–H groups in total. The van der Waals surface area contributed by atoms with Crippen LogP contribution in [0.3, 0.4) is 0 Å². The van der Waals surface area contributed by atoms with Gasteiger partial charge in [-0.25, -0.2) is 0 Å². The first kappa shape index (κ1) is 9.83. The van der Waals surface area contributed by atoms with Crippen molar-refractivity contribution in [1.29, 1.82) is 0 Å². The van der Waals surface area contributed by atoms with Crippen LogP contribution >= 0.6 is 0 Å². The lowest BCUT2D eigenvalue weighted by Crippen LogP contribution is -2.30. The molecule has 1 aromatic rings. The molecule has 0 radical (unpaired) electrons. The third-order valence-corrected chi connectivity index (χ3v) is 4.16. The van der Waals surface area contributed by atoms with Crippen molar-refractivity contribution in [2.45, 2.75) is 19.3 Å². The molecule has 1 fully saturated rings. The Kier molecular flexibility index (Phi) is 2.20. The molecule has 0 spiro atoms. The lowest BCUT2D eigenvalue weighted by Gasteiger charge is -2.29. The molecule has 1 nitrogen and oxygen atoms in total. The first-order valence-electron chi connectivity index (χ1n) is 6.01. The average Bonchev–Trinajstić information content (AvgIpc) is 2.91. The van der Waals surface area contributed by atoms with Crippen LogP contribution in [0.1, 0.15) is 18.4 Å². The Hall–Kier alpha value is -1.37. The number of fused-ring (bicyclic) bond motifs is 2. The molecule has 2 aliphatic carbocycles. The zero-order chi connectivity index (χ0) is 11.0. The molecule has 1 heteroatoms. The number of hydrogen-bond donors (Lipinski definition) is 0. The Balaban J connectivity index is 1.88. The minimum atomic E-state index is -0.110. The highest BCUT2D eigenvalue weighted by Gasteiger charge is 2.48. The van der Waals surface area contributed by atoms with Crippen molar-refractivity contribution < 1.29 is 4.79 Å². The summed E-state index contributed by atoms with van der Waals surface area (Å²) >= 11 is 0. The summed E-state index contributed by atoms with van der Waals surface area (Å²) in [6, 6.07) is 10.4. The lowest BCUT2D eigenvalue weighted by atomic mass is 9.73. The topological polar surface area (TPSA) is 17.1 Å². The van der Waals surface area contributed by atoms with E-state index in [4.69, 9.17) is 0 Å². The molecular formula is C15H16O. The van der Waals surface area contributed by atoms with E-state index in [0.717, 1.165) is 12.8 Å². The summed E-state index contributed by atoms with van der Waals surface area (Å²) in [6.45, 7) is 0. The summed E-state index contributed by atoms with van der Waals surface area (Å²) in [5.74, 6) is 1.13. The van der Waals surface area contributed by atoms with Gasteiger partial charge in [-0.05, 0) is 36.7 Å². The molecule has 3 atom stereocenters. The standard InChI is InChI=1S/C15H16O/c16-11-15(9-12-4-2-1-3-5-12)10-13-6-7-14(15)8-13/h1-7,11,13-14H,8-10H2/t13-,14+,15-/m0/s1. The summed E-state index contributed by atoms with van der Waals surface area (Å²) in [4.78, 5) is 11.5. The molecule has 0 saturated heterocycles. The van der Waals surface area contributed by atoms with Gasteiger partial charge in [0.1, 0.15) is 6.29 Å². The molecule has 0 heterocycles. The van der Waals surface area contributed by atoms with Gasteiger partial charge in [0.25, 0.3) is 0 Å². The molecule has 0 amide bonds. The fourth-order valence-corrected chi connectivity index (χ4v) is 3.35. The number of hydrogen-bond acceptors (Lipinski definition) is 1. The predicted molar refractivity (Wildman–Crippen MR) is 64.0 cm³/mol. The second-order valence-corrected chi connectivity index (χ2v) is 5.20. The molecule has 3 rings (SSSR count). The highest BCUT2D eigenvalue weighted by atomic mass is 16.1. The van der Waals surface area contributed by atoms with E-state index >= 15 is 0 Å². The maximum Gasteiger partial charge on any atom is 0.127 e. The SMILES string of the molecule is O=C[C@]1(Cc2ccccc2)C[C@H]2C=C[C@@H]1C2. The van der Waals surface area contributed by atoms with Crippen molar-refractivity contribution in [2.24, 2.45) is 17.3 Å². The fraction of sp³-hybridized carbons (Fsp3) is 0.400. The first-order valence-corrected chi connectivity index (χ1v) is 6.01. The number of carbonyl (C=O) groups is 1. The summed E-state index contributed by atoms with van der Waals surface area (Å²) < 4.78 is 0. The van der Waals surface area contributed by atoms with E-state index in [-0.39, 0.29) is 5.41 Å². The molecule has 2 aliphatic rings. The highest BCUT2D eigenvalue weighted by molar-refractivity contribution is 5.63. The van der Waals surface area contributed by atoms with E-state index in [1.165, 1.54) is 18.3 Å². The molecule has 0 aromatic heterocycles.